The Morgan fingerprint density at radius 2 is 1.97 bits per heavy atom. The number of nitrogens with zero attached hydrogens (tertiary/aromatic N) is 4. The number of rotatable bonds is 9. The summed E-state index contributed by atoms with van der Waals surface area (Å²) in [5.74, 6) is 1.31. The molecule has 0 aromatic carbocycles. The fraction of sp³-hybridized carbons (Fsp3) is 0.261. The fourth-order valence-electron chi connectivity index (χ4n) is 3.30. The number of aromatic nitrogens is 4. The van der Waals surface area contributed by atoms with E-state index in [0.29, 0.717) is 33.9 Å². The summed E-state index contributed by atoms with van der Waals surface area (Å²) in [6.07, 6.45) is 3.40. The van der Waals surface area contributed by atoms with Crippen LogP contribution in [0.2, 0.25) is 0 Å². The van der Waals surface area contributed by atoms with E-state index >= 15 is 0 Å². The zero-order valence-electron chi connectivity index (χ0n) is 18.9. The van der Waals surface area contributed by atoms with Crippen LogP contribution in [0.1, 0.15) is 30.0 Å². The number of amides is 1. The van der Waals surface area contributed by atoms with Gasteiger partial charge in [-0.25, -0.2) is 4.79 Å². The van der Waals surface area contributed by atoms with Gasteiger partial charge in [-0.2, -0.15) is 0 Å². The van der Waals surface area contributed by atoms with Crippen molar-refractivity contribution < 1.29 is 18.7 Å². The van der Waals surface area contributed by atoms with E-state index in [0.717, 1.165) is 11.3 Å². The average molecular weight is 498 g/mol. The van der Waals surface area contributed by atoms with Crippen LogP contribution in [0.5, 0.6) is 0 Å². The van der Waals surface area contributed by atoms with Gasteiger partial charge in [-0.15, -0.1) is 21.5 Å². The molecule has 0 aliphatic rings. The molecule has 0 atom stereocenters. The Morgan fingerprint density at radius 1 is 1.18 bits per heavy atom. The summed E-state index contributed by atoms with van der Waals surface area (Å²) in [5.41, 5.74) is 1.78. The van der Waals surface area contributed by atoms with Crippen molar-refractivity contribution in [2.75, 3.05) is 17.7 Å². The number of furan rings is 1. The van der Waals surface area contributed by atoms with E-state index in [1.807, 2.05) is 36.6 Å². The third kappa shape index (κ3) is 5.05. The number of hydrogen-bond donors (Lipinski definition) is 1. The summed E-state index contributed by atoms with van der Waals surface area (Å²) >= 11 is 2.53. The second-order valence-electron chi connectivity index (χ2n) is 7.11. The van der Waals surface area contributed by atoms with Crippen LogP contribution in [0.4, 0.5) is 5.00 Å². The number of esters is 1. The van der Waals surface area contributed by atoms with E-state index in [4.69, 9.17) is 9.15 Å². The van der Waals surface area contributed by atoms with Crippen molar-refractivity contribution >= 4 is 40.0 Å². The van der Waals surface area contributed by atoms with E-state index < -0.39 is 5.97 Å². The molecule has 4 rings (SSSR count). The van der Waals surface area contributed by atoms with Gasteiger partial charge >= 0.3 is 5.97 Å². The Morgan fingerprint density at radius 3 is 2.65 bits per heavy atom. The van der Waals surface area contributed by atoms with Gasteiger partial charge in [-0.05, 0) is 45.0 Å². The van der Waals surface area contributed by atoms with Crippen molar-refractivity contribution in [3.63, 3.8) is 0 Å². The highest BCUT2D eigenvalue weighted by atomic mass is 32.2. The monoisotopic (exact) mass is 497 g/mol. The summed E-state index contributed by atoms with van der Waals surface area (Å²) in [4.78, 5) is 29.5. The predicted octanol–water partition coefficient (Wildman–Crippen LogP) is 4.90. The van der Waals surface area contributed by atoms with Crippen LogP contribution in [0.3, 0.4) is 0 Å². The Balaban J connectivity index is 1.50. The lowest BCUT2D eigenvalue weighted by Crippen LogP contribution is -2.16. The molecule has 4 aromatic heterocycles. The third-order valence-electron chi connectivity index (χ3n) is 4.83. The van der Waals surface area contributed by atoms with E-state index in [9.17, 15) is 9.59 Å². The van der Waals surface area contributed by atoms with Crippen molar-refractivity contribution in [1.29, 1.82) is 0 Å². The molecule has 0 radical (unpaired) electrons. The molecule has 0 fully saturated rings. The maximum absolute atomic E-state index is 12.8. The minimum absolute atomic E-state index is 0.101. The number of pyridine rings is 1. The number of anilines is 1. The standard InChI is InChI=1S/C23H23N5O4S2/c1-4-28-20(15-8-10-24-11-9-15)26-27-23(28)34-13-18(29)25-21-19(22(30)31-5-2)16(12-33-21)17-7-6-14(3)32-17/h6-12H,4-5,13H2,1-3H3,(H,25,29). The molecular weight excluding hydrogens is 474 g/mol. The molecule has 11 heteroatoms. The first-order valence-corrected chi connectivity index (χ1v) is 12.5. The highest BCUT2D eigenvalue weighted by molar-refractivity contribution is 7.99. The number of thiophene rings is 1. The van der Waals surface area contributed by atoms with Gasteiger partial charge in [0.2, 0.25) is 5.91 Å². The highest BCUT2D eigenvalue weighted by Gasteiger charge is 2.24. The predicted molar refractivity (Wildman–Crippen MR) is 131 cm³/mol. The first kappa shape index (κ1) is 23.7. The molecule has 0 bridgehead atoms. The molecule has 1 N–H and O–H groups in total. The van der Waals surface area contributed by atoms with Crippen LogP contribution < -0.4 is 5.32 Å². The maximum atomic E-state index is 12.8. The van der Waals surface area contributed by atoms with Crippen molar-refractivity contribution in [2.45, 2.75) is 32.5 Å². The first-order valence-electron chi connectivity index (χ1n) is 10.6. The molecule has 34 heavy (non-hydrogen) atoms. The van der Waals surface area contributed by atoms with Crippen molar-refractivity contribution in [1.82, 2.24) is 19.7 Å². The molecule has 0 saturated heterocycles. The molecule has 0 aliphatic heterocycles. The summed E-state index contributed by atoms with van der Waals surface area (Å²) in [5, 5.41) is 14.2. The smallest absolute Gasteiger partial charge is 0.341 e. The van der Waals surface area contributed by atoms with E-state index in [2.05, 4.69) is 20.5 Å². The third-order valence-corrected chi connectivity index (χ3v) is 6.70. The molecule has 4 heterocycles. The van der Waals surface area contributed by atoms with Gasteiger partial charge in [0.1, 0.15) is 22.1 Å². The van der Waals surface area contributed by atoms with Crippen molar-refractivity contribution in [3.05, 3.63) is 53.4 Å². The molecule has 0 saturated carbocycles. The summed E-state index contributed by atoms with van der Waals surface area (Å²) in [6.45, 7) is 6.43. The molecule has 176 valence electrons. The molecule has 0 unspecified atom stereocenters. The normalized spacial score (nSPS) is 10.9. The SMILES string of the molecule is CCOC(=O)c1c(-c2ccc(C)o2)csc1NC(=O)CSc1nnc(-c2ccncc2)n1CC. The number of aryl methyl sites for hydroxylation is 1. The molecule has 9 nitrogen and oxygen atoms in total. The number of nitrogens with one attached hydrogen (secondary N) is 1. The quantitative estimate of drug-likeness (QED) is 0.257. The second kappa shape index (κ2) is 10.7. The second-order valence-corrected chi connectivity index (χ2v) is 8.93. The van der Waals surface area contributed by atoms with E-state index in [1.54, 1.807) is 30.8 Å². The van der Waals surface area contributed by atoms with Crippen LogP contribution in [0.25, 0.3) is 22.7 Å². The number of thioether (sulfide) groups is 1. The summed E-state index contributed by atoms with van der Waals surface area (Å²) < 4.78 is 12.9. The molecule has 1 amide bonds. The number of carbonyl (C=O) groups is 2. The zero-order chi connectivity index (χ0) is 24.1. The van der Waals surface area contributed by atoms with Gasteiger partial charge in [-0.3, -0.25) is 9.78 Å². The average Bonchev–Trinajstić information content (AvgIpc) is 3.56. The number of ether oxygens (including phenoxy) is 1. The Kier molecular flexibility index (Phi) is 7.43. The van der Waals surface area contributed by atoms with Gasteiger partial charge in [0.05, 0.1) is 12.4 Å². The Bertz CT molecular complexity index is 1300. The summed E-state index contributed by atoms with van der Waals surface area (Å²) in [7, 11) is 0. The fourth-order valence-corrected chi connectivity index (χ4v) is 5.06. The Hall–Kier alpha value is -3.44. The van der Waals surface area contributed by atoms with Crippen LogP contribution in [0, 0.1) is 6.92 Å². The minimum atomic E-state index is -0.511. The van der Waals surface area contributed by atoms with Crippen LogP contribution in [-0.2, 0) is 16.1 Å². The number of carbonyl (C=O) groups excluding carboxylic acids is 2. The molecule has 0 aliphatic carbocycles. The topological polar surface area (TPSA) is 112 Å². The van der Waals surface area contributed by atoms with Crippen LogP contribution in [0.15, 0.2) is 51.6 Å². The lowest BCUT2D eigenvalue weighted by Gasteiger charge is -2.09. The molecular formula is C23H23N5O4S2. The van der Waals surface area contributed by atoms with E-state index in [-0.39, 0.29) is 23.8 Å². The zero-order valence-corrected chi connectivity index (χ0v) is 20.5. The van der Waals surface area contributed by atoms with Crippen LogP contribution >= 0.6 is 23.1 Å². The van der Waals surface area contributed by atoms with Gasteiger partial charge in [-0.1, -0.05) is 11.8 Å². The Labute approximate surface area is 204 Å². The lowest BCUT2D eigenvalue weighted by molar-refractivity contribution is -0.113. The first-order chi connectivity index (χ1) is 16.5. The van der Waals surface area contributed by atoms with Crippen LogP contribution in [-0.4, -0.2) is 44.0 Å². The summed E-state index contributed by atoms with van der Waals surface area (Å²) in [6, 6.07) is 7.34. The van der Waals surface area contributed by atoms with E-state index in [1.165, 1.54) is 23.1 Å². The van der Waals surface area contributed by atoms with Crippen molar-refractivity contribution in [2.24, 2.45) is 0 Å². The highest BCUT2D eigenvalue weighted by Crippen LogP contribution is 2.37. The molecule has 4 aromatic rings. The maximum Gasteiger partial charge on any atom is 0.341 e. The van der Waals surface area contributed by atoms with Gasteiger partial charge in [0.25, 0.3) is 0 Å². The largest absolute Gasteiger partial charge is 0.462 e. The van der Waals surface area contributed by atoms with Gasteiger partial charge < -0.3 is 19.0 Å². The van der Waals surface area contributed by atoms with Gasteiger partial charge in [0.15, 0.2) is 11.0 Å². The number of hydrogen-bond acceptors (Lipinski definition) is 9. The minimum Gasteiger partial charge on any atom is -0.462 e. The van der Waals surface area contributed by atoms with Gasteiger partial charge in [0, 0.05) is 35.4 Å². The van der Waals surface area contributed by atoms with Crippen molar-refractivity contribution in [3.8, 4) is 22.7 Å². The lowest BCUT2D eigenvalue weighted by atomic mass is 10.1. The molecule has 0 spiro atoms.